The summed E-state index contributed by atoms with van der Waals surface area (Å²) in [6, 6.07) is 8.20. The molecule has 1 amide bonds. The Balaban J connectivity index is 2.93. The van der Waals surface area contributed by atoms with Crippen molar-refractivity contribution in [3.63, 3.8) is 0 Å². The molecule has 0 unspecified atom stereocenters. The monoisotopic (exact) mass is 367 g/mol. The van der Waals surface area contributed by atoms with Gasteiger partial charge in [-0.25, -0.2) is 4.79 Å². The highest BCUT2D eigenvalue weighted by Gasteiger charge is 2.40. The highest BCUT2D eigenvalue weighted by atomic mass is 16.6. The van der Waals surface area contributed by atoms with E-state index in [1.165, 1.54) is 0 Å². The van der Waals surface area contributed by atoms with Crippen LogP contribution < -0.4 is 5.32 Å². The van der Waals surface area contributed by atoms with Gasteiger partial charge >= 0.3 is 17.9 Å². The Hall–Kier alpha value is -2.94. The van der Waals surface area contributed by atoms with E-state index in [1.54, 1.807) is 24.3 Å². The first-order chi connectivity index (χ1) is 12.2. The van der Waals surface area contributed by atoms with Crippen molar-refractivity contribution in [2.75, 3.05) is 6.61 Å². The van der Waals surface area contributed by atoms with E-state index >= 15 is 0 Å². The van der Waals surface area contributed by atoms with E-state index in [2.05, 4.69) is 10.1 Å². The van der Waals surface area contributed by atoms with Gasteiger partial charge in [0.15, 0.2) is 0 Å². The number of amides is 1. The van der Waals surface area contributed by atoms with Crippen molar-refractivity contribution in [1.82, 2.24) is 5.32 Å². The summed E-state index contributed by atoms with van der Waals surface area (Å²) in [5, 5.41) is 21.1. The standard InChI is InChI=1S/C17H21NO8/c1-10(20)25-14(15(17(23)24)26-11(2)21)16(22)18-13(9-19)8-12-6-4-3-5-7-12/h3-7,13-15,19H,8-9H2,1-2H3,(H,18,22)(H,23,24)/t13-,14-,15-/m1/s1. The number of esters is 2. The zero-order valence-corrected chi connectivity index (χ0v) is 14.4. The van der Waals surface area contributed by atoms with E-state index < -0.39 is 48.7 Å². The molecule has 1 aromatic rings. The normalized spacial score (nSPS) is 13.8. The van der Waals surface area contributed by atoms with Gasteiger partial charge in [-0.05, 0) is 12.0 Å². The molecule has 1 aromatic carbocycles. The number of rotatable bonds is 9. The molecule has 0 aliphatic rings. The summed E-state index contributed by atoms with van der Waals surface area (Å²) in [4.78, 5) is 46.0. The lowest BCUT2D eigenvalue weighted by molar-refractivity contribution is -0.181. The van der Waals surface area contributed by atoms with Gasteiger partial charge in [0.05, 0.1) is 12.6 Å². The molecular weight excluding hydrogens is 346 g/mol. The average Bonchev–Trinajstić information content (AvgIpc) is 2.57. The second kappa shape index (κ2) is 10.1. The molecule has 0 heterocycles. The molecule has 142 valence electrons. The summed E-state index contributed by atoms with van der Waals surface area (Å²) in [6.45, 7) is 1.52. The van der Waals surface area contributed by atoms with Crippen LogP contribution in [0.1, 0.15) is 19.4 Å². The van der Waals surface area contributed by atoms with Gasteiger partial charge < -0.3 is 25.0 Å². The molecule has 0 saturated carbocycles. The molecule has 0 bridgehead atoms. The summed E-state index contributed by atoms with van der Waals surface area (Å²) in [6.07, 6.45) is -3.63. The zero-order valence-electron chi connectivity index (χ0n) is 14.4. The third kappa shape index (κ3) is 6.89. The Morgan fingerprint density at radius 3 is 2.00 bits per heavy atom. The van der Waals surface area contributed by atoms with Gasteiger partial charge in [0.25, 0.3) is 5.91 Å². The Labute approximate surface area is 149 Å². The number of hydrogen-bond acceptors (Lipinski definition) is 7. The molecule has 9 heteroatoms. The number of carboxylic acids is 1. The van der Waals surface area contributed by atoms with E-state index in [0.717, 1.165) is 19.4 Å². The lowest BCUT2D eigenvalue weighted by atomic mass is 10.1. The van der Waals surface area contributed by atoms with E-state index in [1.807, 2.05) is 6.07 Å². The number of hydrogen-bond donors (Lipinski definition) is 3. The Bertz CT molecular complexity index is 645. The molecule has 26 heavy (non-hydrogen) atoms. The highest BCUT2D eigenvalue weighted by molar-refractivity contribution is 5.91. The number of aliphatic hydroxyl groups is 1. The first-order valence-corrected chi connectivity index (χ1v) is 7.77. The fourth-order valence-corrected chi connectivity index (χ4v) is 2.20. The molecule has 9 nitrogen and oxygen atoms in total. The quantitative estimate of drug-likeness (QED) is 0.504. The van der Waals surface area contributed by atoms with Gasteiger partial charge in [-0.1, -0.05) is 30.3 Å². The Kier molecular flexibility index (Phi) is 8.23. The van der Waals surface area contributed by atoms with Crippen molar-refractivity contribution in [3.8, 4) is 0 Å². The molecule has 3 N–H and O–H groups in total. The van der Waals surface area contributed by atoms with Crippen molar-refractivity contribution in [2.45, 2.75) is 38.5 Å². The molecule has 0 aromatic heterocycles. The summed E-state index contributed by atoms with van der Waals surface area (Å²) < 4.78 is 9.33. The largest absolute Gasteiger partial charge is 0.478 e. The van der Waals surface area contributed by atoms with Crippen molar-refractivity contribution >= 4 is 23.8 Å². The fourth-order valence-electron chi connectivity index (χ4n) is 2.20. The number of carbonyl (C=O) groups is 4. The van der Waals surface area contributed by atoms with Crippen LogP contribution in [-0.4, -0.2) is 58.9 Å². The minimum atomic E-state index is -2.01. The molecule has 0 saturated heterocycles. The van der Waals surface area contributed by atoms with Gasteiger partial charge in [-0.2, -0.15) is 0 Å². The van der Waals surface area contributed by atoms with Gasteiger partial charge in [0.1, 0.15) is 0 Å². The average molecular weight is 367 g/mol. The third-order valence-corrected chi connectivity index (χ3v) is 3.25. The topological polar surface area (TPSA) is 139 Å². The minimum absolute atomic E-state index is 0.265. The highest BCUT2D eigenvalue weighted by Crippen LogP contribution is 2.09. The summed E-state index contributed by atoms with van der Waals surface area (Å²) in [7, 11) is 0. The number of benzene rings is 1. The lowest BCUT2D eigenvalue weighted by Gasteiger charge is -2.25. The van der Waals surface area contributed by atoms with Crippen LogP contribution in [0.2, 0.25) is 0 Å². The van der Waals surface area contributed by atoms with Gasteiger partial charge in [-0.15, -0.1) is 0 Å². The second-order valence-electron chi connectivity index (χ2n) is 5.48. The van der Waals surface area contributed by atoms with Crippen LogP contribution >= 0.6 is 0 Å². The first-order valence-electron chi connectivity index (χ1n) is 7.77. The summed E-state index contributed by atoms with van der Waals surface area (Å²) >= 11 is 0. The first kappa shape index (κ1) is 21.1. The maximum Gasteiger partial charge on any atom is 0.349 e. The smallest absolute Gasteiger partial charge is 0.349 e. The number of aliphatic hydroxyl groups excluding tert-OH is 1. The maximum absolute atomic E-state index is 12.4. The van der Waals surface area contributed by atoms with E-state index in [9.17, 15) is 29.4 Å². The van der Waals surface area contributed by atoms with Crippen LogP contribution in [0.25, 0.3) is 0 Å². The predicted molar refractivity (Wildman–Crippen MR) is 87.9 cm³/mol. The molecule has 0 fully saturated rings. The van der Waals surface area contributed by atoms with Crippen LogP contribution in [-0.2, 0) is 35.1 Å². The second-order valence-corrected chi connectivity index (χ2v) is 5.48. The Morgan fingerprint density at radius 2 is 1.54 bits per heavy atom. The summed E-state index contributed by atoms with van der Waals surface area (Å²) in [5.41, 5.74) is 0.825. The van der Waals surface area contributed by atoms with Crippen LogP contribution in [0.15, 0.2) is 30.3 Å². The van der Waals surface area contributed by atoms with E-state index in [-0.39, 0.29) is 6.42 Å². The minimum Gasteiger partial charge on any atom is -0.478 e. The third-order valence-electron chi connectivity index (χ3n) is 3.25. The molecule has 0 spiro atoms. The van der Waals surface area contributed by atoms with E-state index in [4.69, 9.17) is 4.74 Å². The van der Waals surface area contributed by atoms with Crippen molar-refractivity contribution in [3.05, 3.63) is 35.9 Å². The van der Waals surface area contributed by atoms with Crippen LogP contribution in [0.4, 0.5) is 0 Å². The van der Waals surface area contributed by atoms with Crippen molar-refractivity contribution in [2.24, 2.45) is 0 Å². The lowest BCUT2D eigenvalue weighted by Crippen LogP contribution is -2.53. The van der Waals surface area contributed by atoms with Crippen LogP contribution in [0, 0.1) is 0 Å². The maximum atomic E-state index is 12.4. The van der Waals surface area contributed by atoms with E-state index in [0.29, 0.717) is 0 Å². The number of aliphatic carboxylic acids is 1. The molecule has 1 rings (SSSR count). The number of carbonyl (C=O) groups excluding carboxylic acids is 3. The Morgan fingerprint density at radius 1 is 1.00 bits per heavy atom. The fraction of sp³-hybridized carbons (Fsp3) is 0.412. The predicted octanol–water partition coefficient (Wildman–Crippen LogP) is -0.346. The van der Waals surface area contributed by atoms with Crippen LogP contribution in [0.5, 0.6) is 0 Å². The van der Waals surface area contributed by atoms with Gasteiger partial charge in [0.2, 0.25) is 12.2 Å². The molecule has 0 aliphatic carbocycles. The van der Waals surface area contributed by atoms with Gasteiger partial charge in [0, 0.05) is 13.8 Å². The molecule has 0 radical (unpaired) electrons. The van der Waals surface area contributed by atoms with Crippen LogP contribution in [0.3, 0.4) is 0 Å². The van der Waals surface area contributed by atoms with Gasteiger partial charge in [-0.3, -0.25) is 14.4 Å². The number of nitrogens with one attached hydrogen (secondary N) is 1. The molecule has 0 aliphatic heterocycles. The molecular formula is C17H21NO8. The SMILES string of the molecule is CC(=O)O[C@@H](C(=O)O)[C@@H](OC(C)=O)C(=O)N[C@@H](CO)Cc1ccccc1. The number of carboxylic acid groups (broad SMARTS) is 1. The zero-order chi connectivity index (χ0) is 19.7. The summed E-state index contributed by atoms with van der Waals surface area (Å²) in [5.74, 6) is -4.52. The number of ether oxygens (including phenoxy) is 2. The van der Waals surface area contributed by atoms with Crippen molar-refractivity contribution < 1.29 is 38.9 Å². The molecule has 3 atom stereocenters. The van der Waals surface area contributed by atoms with Crippen molar-refractivity contribution in [1.29, 1.82) is 0 Å².